The summed E-state index contributed by atoms with van der Waals surface area (Å²) in [7, 11) is -2.19. The quantitative estimate of drug-likeness (QED) is 0.341. The third kappa shape index (κ3) is 6.04. The third-order valence-electron chi connectivity index (χ3n) is 11.0. The zero-order valence-corrected chi connectivity index (χ0v) is 28.1. The maximum Gasteiger partial charge on any atom is 0.394 e. The number of amides is 1. The molecule has 1 spiro atoms. The number of rotatable bonds is 4. The highest BCUT2D eigenvalue weighted by molar-refractivity contribution is 7.92. The molecule has 2 aliphatic carbocycles. The molecular weight excluding hydrogens is 643 g/mol. The lowest BCUT2D eigenvalue weighted by molar-refractivity contribution is -0.194. The first-order valence-electron chi connectivity index (χ1n) is 16.5. The summed E-state index contributed by atoms with van der Waals surface area (Å²) >= 11 is 0. The van der Waals surface area contributed by atoms with Crippen LogP contribution in [-0.2, 0) is 10.0 Å². The number of ether oxygens (including phenoxy) is 1. The number of fused-ring (bicyclic) bond motifs is 4. The monoisotopic (exact) mass is 683 g/mol. The van der Waals surface area contributed by atoms with Crippen molar-refractivity contribution in [2.45, 2.75) is 81.9 Å². The van der Waals surface area contributed by atoms with Gasteiger partial charge in [0.25, 0.3) is 15.9 Å². The number of alkyl halides is 3. The number of sulfonamides is 1. The largest absolute Gasteiger partial charge is 0.475 e. The minimum Gasteiger partial charge on any atom is -0.475 e. The molecule has 0 radical (unpaired) electrons. The first-order chi connectivity index (χ1) is 22.7. The van der Waals surface area contributed by atoms with E-state index in [9.17, 15) is 26.4 Å². The van der Waals surface area contributed by atoms with Crippen LogP contribution in [0.15, 0.2) is 53.4 Å². The standard InChI is InChI=1S/C35H40F3N5O4S/c1-22-6-4-7-23(2)30(22)28-17-29-40-32(39-28)41-48(45,46)27-9-5-8-24(16-27)31(44)43(25-18-33(19-25)12-14-42(3)15-13-33)26(21-47-29)20-34(10-11-34)35(36,37)38/h4-9,16-17,25-26H,10-15,18-21H2,1-3H3,(H,39,40,41)/t26-/m0/s1. The average molecular weight is 684 g/mol. The number of benzene rings is 2. The lowest BCUT2D eigenvalue weighted by Gasteiger charge is -2.56. The number of aryl methyl sites for hydroxylation is 2. The van der Waals surface area contributed by atoms with Crippen molar-refractivity contribution in [2.24, 2.45) is 10.8 Å². The average Bonchev–Trinajstić information content (AvgIpc) is 3.80. The zero-order chi connectivity index (χ0) is 34.1. The van der Waals surface area contributed by atoms with E-state index in [0.717, 1.165) is 42.6 Å². The fraction of sp³-hybridized carbons (Fsp3) is 0.514. The van der Waals surface area contributed by atoms with Gasteiger partial charge in [-0.15, -0.1) is 0 Å². The van der Waals surface area contributed by atoms with Crippen molar-refractivity contribution in [2.75, 3.05) is 31.5 Å². The van der Waals surface area contributed by atoms with Crippen molar-refractivity contribution in [3.8, 4) is 17.1 Å². The number of piperidine rings is 1. The van der Waals surface area contributed by atoms with Crippen molar-refractivity contribution < 1.29 is 31.1 Å². The summed E-state index contributed by atoms with van der Waals surface area (Å²) in [6.45, 7) is 5.42. The molecule has 4 aliphatic rings. The molecule has 1 aromatic heterocycles. The predicted octanol–water partition coefficient (Wildman–Crippen LogP) is 6.37. The Kier molecular flexibility index (Phi) is 8.01. The Morgan fingerprint density at radius 1 is 0.979 bits per heavy atom. The van der Waals surface area contributed by atoms with E-state index in [4.69, 9.17) is 4.74 Å². The number of carbonyl (C=O) groups excluding carboxylic acids is 1. The van der Waals surface area contributed by atoms with Crippen molar-refractivity contribution >= 4 is 21.9 Å². The molecule has 7 rings (SSSR count). The number of aromatic nitrogens is 2. The molecule has 0 unspecified atom stereocenters. The number of nitrogens with zero attached hydrogens (tertiary/aromatic N) is 4. The molecule has 9 nitrogen and oxygen atoms in total. The lowest BCUT2D eigenvalue weighted by Crippen LogP contribution is -2.60. The molecule has 2 aromatic carbocycles. The van der Waals surface area contributed by atoms with Crippen LogP contribution >= 0.6 is 0 Å². The number of carbonyl (C=O) groups is 1. The summed E-state index contributed by atoms with van der Waals surface area (Å²) in [6.07, 6.45) is -1.50. The topological polar surface area (TPSA) is 105 Å². The second kappa shape index (κ2) is 11.7. The van der Waals surface area contributed by atoms with Crippen molar-refractivity contribution in [3.05, 3.63) is 65.2 Å². The fourth-order valence-electron chi connectivity index (χ4n) is 7.91. The molecule has 1 amide bonds. The Morgan fingerprint density at radius 3 is 2.29 bits per heavy atom. The van der Waals surface area contributed by atoms with Crippen molar-refractivity contribution in [3.63, 3.8) is 0 Å². The minimum atomic E-state index is -4.44. The number of hydrogen-bond acceptors (Lipinski definition) is 7. The van der Waals surface area contributed by atoms with E-state index in [1.54, 1.807) is 11.0 Å². The highest BCUT2D eigenvalue weighted by Gasteiger charge is 2.64. The number of nitrogens with one attached hydrogen (secondary N) is 1. The molecular formula is C35H40F3N5O4S. The van der Waals surface area contributed by atoms with Gasteiger partial charge in [-0.25, -0.2) is 18.1 Å². The van der Waals surface area contributed by atoms with Crippen LogP contribution in [0.1, 0.15) is 66.4 Å². The Hall–Kier alpha value is -3.71. The molecule has 256 valence electrons. The molecule has 3 fully saturated rings. The maximum atomic E-state index is 14.5. The van der Waals surface area contributed by atoms with Gasteiger partial charge in [0.1, 0.15) is 6.61 Å². The Morgan fingerprint density at radius 2 is 1.65 bits per heavy atom. The second-order valence-corrected chi connectivity index (χ2v) is 16.0. The van der Waals surface area contributed by atoms with Crippen molar-refractivity contribution in [1.29, 1.82) is 0 Å². The molecule has 48 heavy (non-hydrogen) atoms. The van der Waals surface area contributed by atoms with E-state index in [2.05, 4.69) is 26.6 Å². The van der Waals surface area contributed by atoms with Crippen LogP contribution in [0, 0.1) is 24.7 Å². The zero-order valence-electron chi connectivity index (χ0n) is 27.3. The van der Waals surface area contributed by atoms with Crippen LogP contribution in [-0.4, -0.2) is 79.1 Å². The van der Waals surface area contributed by atoms with Gasteiger partial charge in [0.05, 0.1) is 22.0 Å². The van der Waals surface area contributed by atoms with Crippen LogP contribution in [0.2, 0.25) is 0 Å². The van der Waals surface area contributed by atoms with Crippen LogP contribution < -0.4 is 9.46 Å². The summed E-state index contributed by atoms with van der Waals surface area (Å²) in [5, 5.41) is 0. The van der Waals surface area contributed by atoms with Crippen LogP contribution in [0.4, 0.5) is 19.1 Å². The molecule has 2 saturated carbocycles. The van der Waals surface area contributed by atoms with Crippen molar-refractivity contribution in [1.82, 2.24) is 19.8 Å². The fourth-order valence-corrected chi connectivity index (χ4v) is 8.90. The van der Waals surface area contributed by atoms with Gasteiger partial charge in [0.2, 0.25) is 11.8 Å². The number of hydrogen-bond donors (Lipinski definition) is 1. The van der Waals surface area contributed by atoms with Gasteiger partial charge in [0.15, 0.2) is 0 Å². The SMILES string of the molecule is Cc1cccc(C)c1-c1cc2nc(n1)NS(=O)(=O)c1cccc(c1)C(=O)N(C1CC3(CCN(C)CC3)C1)[C@@H](CC1(C(F)(F)F)CC1)CO2. The highest BCUT2D eigenvalue weighted by Crippen LogP contribution is 2.61. The van der Waals surface area contributed by atoms with Crippen LogP contribution in [0.5, 0.6) is 5.88 Å². The normalized spacial score (nSPS) is 23.6. The van der Waals surface area contributed by atoms with Gasteiger partial charge < -0.3 is 14.5 Å². The van der Waals surface area contributed by atoms with Crippen LogP contribution in [0.25, 0.3) is 11.3 Å². The molecule has 3 aromatic rings. The summed E-state index contributed by atoms with van der Waals surface area (Å²) in [4.78, 5) is 27.0. The summed E-state index contributed by atoms with van der Waals surface area (Å²) in [5.74, 6) is -0.743. The van der Waals surface area contributed by atoms with Gasteiger partial charge in [-0.2, -0.15) is 18.2 Å². The number of anilines is 1. The number of likely N-dealkylation sites (tertiary alicyclic amines) is 1. The van der Waals surface area contributed by atoms with E-state index in [1.807, 2.05) is 32.0 Å². The predicted molar refractivity (Wildman–Crippen MR) is 174 cm³/mol. The third-order valence-corrected chi connectivity index (χ3v) is 12.3. The summed E-state index contributed by atoms with van der Waals surface area (Å²) in [5.41, 5.74) is 1.16. The van der Waals surface area contributed by atoms with E-state index < -0.39 is 33.6 Å². The van der Waals surface area contributed by atoms with Gasteiger partial charge in [-0.3, -0.25) is 4.79 Å². The molecule has 3 heterocycles. The van der Waals surface area contributed by atoms with E-state index in [1.165, 1.54) is 24.3 Å². The Bertz CT molecular complexity index is 1830. The van der Waals surface area contributed by atoms with Gasteiger partial charge in [-0.1, -0.05) is 24.3 Å². The Balaban J connectivity index is 1.34. The number of halogens is 3. The first kappa shape index (κ1) is 32.8. The Labute approximate surface area is 278 Å². The van der Waals surface area contributed by atoms with Crippen LogP contribution in [0.3, 0.4) is 0 Å². The molecule has 2 aliphatic heterocycles. The smallest absolute Gasteiger partial charge is 0.394 e. The van der Waals surface area contributed by atoms with Gasteiger partial charge in [0, 0.05) is 23.2 Å². The maximum absolute atomic E-state index is 14.5. The molecule has 1 saturated heterocycles. The first-order valence-corrected chi connectivity index (χ1v) is 18.0. The van der Waals surface area contributed by atoms with Gasteiger partial charge in [-0.05, 0) is 114 Å². The summed E-state index contributed by atoms with van der Waals surface area (Å²) in [6, 6.07) is 11.7. The minimum absolute atomic E-state index is 0.000890. The molecule has 4 bridgehead atoms. The second-order valence-electron chi connectivity index (χ2n) is 14.3. The van der Waals surface area contributed by atoms with Gasteiger partial charge >= 0.3 is 6.18 Å². The molecule has 1 atom stereocenters. The van der Waals surface area contributed by atoms with E-state index in [0.29, 0.717) is 18.5 Å². The molecule has 13 heteroatoms. The molecule has 1 N–H and O–H groups in total. The highest BCUT2D eigenvalue weighted by atomic mass is 32.2. The van der Waals surface area contributed by atoms with E-state index in [-0.39, 0.29) is 59.6 Å². The lowest BCUT2D eigenvalue weighted by atomic mass is 9.59. The summed E-state index contributed by atoms with van der Waals surface area (Å²) < 4.78 is 79.5. The van der Waals surface area contributed by atoms with E-state index >= 15 is 0 Å².